The van der Waals surface area contributed by atoms with E-state index in [1.807, 2.05) is 0 Å². The minimum absolute atomic E-state index is 0.151. The molecule has 33 heavy (non-hydrogen) atoms. The first-order chi connectivity index (χ1) is 15.7. The molecule has 0 bridgehead atoms. The highest BCUT2D eigenvalue weighted by Gasteiger charge is 2.59. The smallest absolute Gasteiger partial charge is 0.319 e. The highest BCUT2D eigenvalue weighted by atomic mass is 16.5. The van der Waals surface area contributed by atoms with E-state index in [0.29, 0.717) is 23.4 Å². The van der Waals surface area contributed by atoms with Crippen LogP contribution in [-0.4, -0.2) is 25.7 Å². The SMILES string of the molecule is COC(=O)CN[C@H]1CC[C@@]2(C)C(=CC[C@H]3[C@@H]4CC[C@H]([C@H](C)CCCC(C)C)[C@@]4(C)CC[C@@H]32)C1. The number of hydrogen-bond donors (Lipinski definition) is 1. The predicted molar refractivity (Wildman–Crippen MR) is 137 cm³/mol. The molecule has 3 nitrogen and oxygen atoms in total. The molecular weight excluding hydrogens is 406 g/mol. The molecule has 3 heteroatoms. The van der Waals surface area contributed by atoms with Crippen LogP contribution >= 0.6 is 0 Å². The van der Waals surface area contributed by atoms with Gasteiger partial charge in [-0.25, -0.2) is 0 Å². The van der Waals surface area contributed by atoms with Gasteiger partial charge in [-0.3, -0.25) is 4.79 Å². The van der Waals surface area contributed by atoms with Crippen molar-refractivity contribution in [1.29, 1.82) is 0 Å². The summed E-state index contributed by atoms with van der Waals surface area (Å²) >= 11 is 0. The molecule has 8 atom stereocenters. The van der Waals surface area contributed by atoms with E-state index < -0.39 is 0 Å². The summed E-state index contributed by atoms with van der Waals surface area (Å²) in [6.07, 6.45) is 17.6. The molecule has 3 saturated carbocycles. The van der Waals surface area contributed by atoms with Gasteiger partial charge in [0.25, 0.3) is 0 Å². The second-order valence-corrected chi connectivity index (χ2v) is 13.2. The van der Waals surface area contributed by atoms with E-state index in [1.165, 1.54) is 71.3 Å². The number of methoxy groups -OCH3 is 1. The molecule has 0 heterocycles. The molecule has 0 aliphatic heterocycles. The summed E-state index contributed by atoms with van der Waals surface area (Å²) in [6, 6.07) is 0.427. The van der Waals surface area contributed by atoms with Crippen LogP contribution in [0.3, 0.4) is 0 Å². The minimum atomic E-state index is -0.151. The van der Waals surface area contributed by atoms with Crippen molar-refractivity contribution in [2.45, 2.75) is 111 Å². The van der Waals surface area contributed by atoms with Crippen molar-refractivity contribution in [2.75, 3.05) is 13.7 Å². The number of carbonyl (C=O) groups excluding carboxylic acids is 1. The Kier molecular flexibility index (Phi) is 7.68. The molecule has 3 fully saturated rings. The molecule has 0 amide bonds. The third-order valence-corrected chi connectivity index (χ3v) is 11.1. The lowest BCUT2D eigenvalue weighted by atomic mass is 9.47. The number of nitrogens with one attached hydrogen (secondary N) is 1. The summed E-state index contributed by atoms with van der Waals surface area (Å²) in [5.74, 6) is 5.20. The van der Waals surface area contributed by atoms with Crippen LogP contribution in [0, 0.1) is 46.3 Å². The van der Waals surface area contributed by atoms with Gasteiger partial charge in [-0.15, -0.1) is 0 Å². The number of fused-ring (bicyclic) bond motifs is 5. The van der Waals surface area contributed by atoms with Crippen LogP contribution in [0.5, 0.6) is 0 Å². The molecule has 0 unspecified atom stereocenters. The summed E-state index contributed by atoms with van der Waals surface area (Å²) in [4.78, 5) is 11.6. The van der Waals surface area contributed by atoms with Crippen molar-refractivity contribution in [2.24, 2.45) is 46.3 Å². The zero-order valence-corrected chi connectivity index (χ0v) is 22.4. The molecule has 1 N–H and O–H groups in total. The van der Waals surface area contributed by atoms with Gasteiger partial charge in [-0.1, -0.05) is 65.5 Å². The summed E-state index contributed by atoms with van der Waals surface area (Å²) in [5, 5.41) is 3.46. The molecule has 4 aliphatic rings. The number of carbonyl (C=O) groups is 1. The van der Waals surface area contributed by atoms with Crippen LogP contribution in [0.2, 0.25) is 0 Å². The van der Waals surface area contributed by atoms with E-state index in [-0.39, 0.29) is 5.97 Å². The van der Waals surface area contributed by atoms with Gasteiger partial charge in [-0.2, -0.15) is 0 Å². The van der Waals surface area contributed by atoms with Crippen LogP contribution in [0.15, 0.2) is 11.6 Å². The van der Waals surface area contributed by atoms with Gasteiger partial charge < -0.3 is 10.1 Å². The third kappa shape index (κ3) is 4.82. The lowest BCUT2D eigenvalue weighted by molar-refractivity contribution is -0.139. The van der Waals surface area contributed by atoms with Gasteiger partial charge in [0, 0.05) is 6.04 Å². The fourth-order valence-electron chi connectivity index (χ4n) is 9.16. The van der Waals surface area contributed by atoms with Crippen LogP contribution in [-0.2, 0) is 9.53 Å². The maximum atomic E-state index is 11.6. The van der Waals surface area contributed by atoms with Crippen LogP contribution < -0.4 is 5.32 Å². The van der Waals surface area contributed by atoms with E-state index in [1.54, 1.807) is 5.57 Å². The molecular formula is C30H51NO2. The van der Waals surface area contributed by atoms with Crippen molar-refractivity contribution in [3.8, 4) is 0 Å². The molecule has 188 valence electrons. The summed E-state index contributed by atoms with van der Waals surface area (Å²) in [5.41, 5.74) is 2.64. The second-order valence-electron chi connectivity index (χ2n) is 13.2. The van der Waals surface area contributed by atoms with Gasteiger partial charge >= 0.3 is 5.97 Å². The lowest BCUT2D eigenvalue weighted by Gasteiger charge is -2.58. The van der Waals surface area contributed by atoms with E-state index in [9.17, 15) is 4.79 Å². The summed E-state index contributed by atoms with van der Waals surface area (Å²) in [7, 11) is 1.47. The topological polar surface area (TPSA) is 38.3 Å². The second kappa shape index (κ2) is 10.0. The number of esters is 1. The number of rotatable bonds is 8. The first-order valence-electron chi connectivity index (χ1n) is 14.2. The van der Waals surface area contributed by atoms with Crippen molar-refractivity contribution in [3.63, 3.8) is 0 Å². The Labute approximate surface area is 203 Å². The molecule has 4 aliphatic carbocycles. The Morgan fingerprint density at radius 1 is 1.09 bits per heavy atom. The van der Waals surface area contributed by atoms with Crippen molar-refractivity contribution in [1.82, 2.24) is 5.32 Å². The van der Waals surface area contributed by atoms with E-state index in [2.05, 4.69) is 46.0 Å². The third-order valence-electron chi connectivity index (χ3n) is 11.1. The Morgan fingerprint density at radius 2 is 1.88 bits per heavy atom. The van der Waals surface area contributed by atoms with Gasteiger partial charge in [-0.05, 0) is 97.7 Å². The van der Waals surface area contributed by atoms with Crippen molar-refractivity contribution < 1.29 is 9.53 Å². The van der Waals surface area contributed by atoms with Crippen molar-refractivity contribution >= 4 is 5.97 Å². The Balaban J connectivity index is 1.42. The average molecular weight is 458 g/mol. The van der Waals surface area contributed by atoms with Crippen molar-refractivity contribution in [3.05, 3.63) is 11.6 Å². The standard InChI is InChI=1S/C30H51NO2/c1-20(2)8-7-9-21(3)25-12-13-26-24-11-10-22-18-23(31-19-28(32)33-6)14-16-29(22,4)27(24)15-17-30(25,26)5/h10,20-21,23-27,31H,7-9,11-19H2,1-6H3/t21-,23+,24+,25-,26+,27+,29+,30-/m1/s1. The number of hydrogen-bond acceptors (Lipinski definition) is 3. The van der Waals surface area contributed by atoms with E-state index in [0.717, 1.165) is 41.9 Å². The molecule has 0 radical (unpaired) electrons. The highest BCUT2D eigenvalue weighted by molar-refractivity contribution is 5.71. The number of allylic oxidation sites excluding steroid dienone is 1. The predicted octanol–water partition coefficient (Wildman–Crippen LogP) is 7.16. The van der Waals surface area contributed by atoms with Gasteiger partial charge in [0.1, 0.15) is 0 Å². The Hall–Kier alpha value is -0.830. The average Bonchev–Trinajstić information content (AvgIpc) is 3.14. The van der Waals surface area contributed by atoms with Crippen LogP contribution in [0.25, 0.3) is 0 Å². The largest absolute Gasteiger partial charge is 0.468 e. The summed E-state index contributed by atoms with van der Waals surface area (Å²) < 4.78 is 4.83. The molecule has 0 aromatic carbocycles. The maximum Gasteiger partial charge on any atom is 0.319 e. The highest BCUT2D eigenvalue weighted by Crippen LogP contribution is 2.67. The fourth-order valence-corrected chi connectivity index (χ4v) is 9.16. The monoisotopic (exact) mass is 457 g/mol. The Morgan fingerprint density at radius 3 is 2.61 bits per heavy atom. The molecule has 0 aromatic rings. The quantitative estimate of drug-likeness (QED) is 0.310. The lowest BCUT2D eigenvalue weighted by Crippen LogP contribution is -2.52. The molecule has 0 spiro atoms. The van der Waals surface area contributed by atoms with E-state index in [4.69, 9.17) is 4.74 Å². The fraction of sp³-hybridized carbons (Fsp3) is 0.900. The zero-order chi connectivity index (χ0) is 23.8. The minimum Gasteiger partial charge on any atom is -0.468 e. The molecule has 0 aromatic heterocycles. The summed E-state index contributed by atoms with van der Waals surface area (Å²) in [6.45, 7) is 12.9. The first-order valence-corrected chi connectivity index (χ1v) is 14.2. The maximum absolute atomic E-state index is 11.6. The number of ether oxygens (including phenoxy) is 1. The van der Waals surface area contributed by atoms with Gasteiger partial charge in [0.2, 0.25) is 0 Å². The molecule has 0 saturated heterocycles. The van der Waals surface area contributed by atoms with Crippen LogP contribution in [0.4, 0.5) is 0 Å². The van der Waals surface area contributed by atoms with Gasteiger partial charge in [0.05, 0.1) is 13.7 Å². The molecule has 4 rings (SSSR count). The normalized spacial score (nSPS) is 41.1. The first kappa shape index (κ1) is 25.3. The zero-order valence-electron chi connectivity index (χ0n) is 22.4. The van der Waals surface area contributed by atoms with Crippen LogP contribution in [0.1, 0.15) is 105 Å². The van der Waals surface area contributed by atoms with Gasteiger partial charge in [0.15, 0.2) is 0 Å². The Bertz CT molecular complexity index is 729. The van der Waals surface area contributed by atoms with E-state index >= 15 is 0 Å².